The van der Waals surface area contributed by atoms with E-state index < -0.39 is 0 Å². The molecular formula is C17H19FN2S. The molecule has 110 valence electrons. The summed E-state index contributed by atoms with van der Waals surface area (Å²) < 4.78 is 12.8. The summed E-state index contributed by atoms with van der Waals surface area (Å²) in [7, 11) is 0. The van der Waals surface area contributed by atoms with Crippen LogP contribution in [0.3, 0.4) is 0 Å². The van der Waals surface area contributed by atoms with Crippen LogP contribution in [-0.4, -0.2) is 5.11 Å². The largest absolute Gasteiger partial charge is 0.356 e. The second-order valence-electron chi connectivity index (χ2n) is 4.92. The zero-order chi connectivity index (χ0) is 15.2. The average Bonchev–Trinajstić information content (AvgIpc) is 2.49. The molecule has 1 unspecified atom stereocenters. The van der Waals surface area contributed by atoms with Crippen molar-refractivity contribution in [2.45, 2.75) is 26.3 Å². The van der Waals surface area contributed by atoms with Crippen molar-refractivity contribution in [2.75, 3.05) is 5.32 Å². The molecule has 0 aromatic heterocycles. The summed E-state index contributed by atoms with van der Waals surface area (Å²) in [6, 6.07) is 14.7. The molecule has 2 aromatic rings. The van der Waals surface area contributed by atoms with E-state index in [1.54, 1.807) is 12.1 Å². The molecule has 2 aromatic carbocycles. The maximum atomic E-state index is 12.8. The first-order chi connectivity index (χ1) is 10.1. The van der Waals surface area contributed by atoms with Gasteiger partial charge in [0.15, 0.2) is 5.11 Å². The molecule has 0 saturated heterocycles. The Morgan fingerprint density at radius 3 is 2.29 bits per heavy atom. The van der Waals surface area contributed by atoms with E-state index >= 15 is 0 Å². The number of nitrogens with one attached hydrogen (secondary N) is 2. The van der Waals surface area contributed by atoms with E-state index in [-0.39, 0.29) is 11.9 Å². The van der Waals surface area contributed by atoms with Gasteiger partial charge in [-0.25, -0.2) is 4.39 Å². The molecule has 0 amide bonds. The van der Waals surface area contributed by atoms with Crippen molar-refractivity contribution in [3.05, 3.63) is 65.5 Å². The fourth-order valence-electron chi connectivity index (χ4n) is 2.02. The smallest absolute Gasteiger partial charge is 0.171 e. The maximum absolute atomic E-state index is 12.8. The minimum absolute atomic E-state index is 0.108. The highest BCUT2D eigenvalue weighted by atomic mass is 32.1. The topological polar surface area (TPSA) is 24.1 Å². The van der Waals surface area contributed by atoms with Gasteiger partial charge < -0.3 is 10.6 Å². The van der Waals surface area contributed by atoms with Crippen molar-refractivity contribution < 1.29 is 4.39 Å². The Bertz CT molecular complexity index is 593. The van der Waals surface area contributed by atoms with Gasteiger partial charge in [-0.05, 0) is 61.0 Å². The molecule has 21 heavy (non-hydrogen) atoms. The van der Waals surface area contributed by atoms with Gasteiger partial charge in [0, 0.05) is 5.69 Å². The lowest BCUT2D eigenvalue weighted by Crippen LogP contribution is -2.30. The van der Waals surface area contributed by atoms with Crippen LogP contribution in [0.5, 0.6) is 0 Å². The van der Waals surface area contributed by atoms with Crippen LogP contribution in [0.25, 0.3) is 0 Å². The predicted octanol–water partition coefficient (Wildman–Crippen LogP) is 4.44. The van der Waals surface area contributed by atoms with Crippen LogP contribution in [-0.2, 0) is 6.42 Å². The van der Waals surface area contributed by atoms with Crippen molar-refractivity contribution in [1.29, 1.82) is 0 Å². The standard InChI is InChI=1S/C17H19FN2S/c1-3-13-4-6-14(7-5-13)12(2)19-17(21)20-16-10-8-15(18)9-11-16/h4-12H,3H2,1-2H3,(H2,19,20,21). The van der Waals surface area contributed by atoms with E-state index in [0.29, 0.717) is 5.11 Å². The van der Waals surface area contributed by atoms with E-state index in [1.165, 1.54) is 23.3 Å². The molecular weight excluding hydrogens is 283 g/mol. The summed E-state index contributed by atoms with van der Waals surface area (Å²) >= 11 is 5.28. The normalized spacial score (nSPS) is 11.8. The van der Waals surface area contributed by atoms with Crippen LogP contribution in [0.4, 0.5) is 10.1 Å². The average molecular weight is 302 g/mol. The zero-order valence-corrected chi connectivity index (χ0v) is 13.0. The molecule has 0 aliphatic carbocycles. The quantitative estimate of drug-likeness (QED) is 0.817. The van der Waals surface area contributed by atoms with Crippen LogP contribution in [0.2, 0.25) is 0 Å². The second-order valence-corrected chi connectivity index (χ2v) is 5.33. The van der Waals surface area contributed by atoms with Gasteiger partial charge in [0.05, 0.1) is 6.04 Å². The van der Waals surface area contributed by atoms with Crippen molar-refractivity contribution in [3.63, 3.8) is 0 Å². The number of hydrogen-bond acceptors (Lipinski definition) is 1. The monoisotopic (exact) mass is 302 g/mol. The second kappa shape index (κ2) is 7.18. The summed E-state index contributed by atoms with van der Waals surface area (Å²) in [5, 5.41) is 6.79. The van der Waals surface area contributed by atoms with Crippen LogP contribution in [0.15, 0.2) is 48.5 Å². The van der Waals surface area contributed by atoms with Crippen molar-refractivity contribution in [3.8, 4) is 0 Å². The fraction of sp³-hybridized carbons (Fsp3) is 0.235. The van der Waals surface area contributed by atoms with Crippen molar-refractivity contribution in [1.82, 2.24) is 5.32 Å². The number of thiocarbonyl (C=S) groups is 1. The fourth-order valence-corrected chi connectivity index (χ4v) is 2.32. The lowest BCUT2D eigenvalue weighted by Gasteiger charge is -2.17. The Kier molecular flexibility index (Phi) is 5.28. The highest BCUT2D eigenvalue weighted by Gasteiger charge is 2.07. The first-order valence-corrected chi connectivity index (χ1v) is 7.41. The van der Waals surface area contributed by atoms with Crippen LogP contribution in [0, 0.1) is 5.82 Å². The number of rotatable bonds is 4. The van der Waals surface area contributed by atoms with Gasteiger partial charge in [-0.15, -0.1) is 0 Å². The Hall–Kier alpha value is -1.94. The van der Waals surface area contributed by atoms with Crippen molar-refractivity contribution in [2.24, 2.45) is 0 Å². The summed E-state index contributed by atoms with van der Waals surface area (Å²) in [5.41, 5.74) is 3.26. The molecule has 0 fully saturated rings. The Balaban J connectivity index is 1.93. The molecule has 0 aliphatic heterocycles. The number of halogens is 1. The van der Waals surface area contributed by atoms with Gasteiger partial charge in [0.25, 0.3) is 0 Å². The van der Waals surface area contributed by atoms with Gasteiger partial charge in [0.1, 0.15) is 5.82 Å². The van der Waals surface area contributed by atoms with Gasteiger partial charge in [-0.1, -0.05) is 31.2 Å². The first kappa shape index (κ1) is 15.4. The van der Waals surface area contributed by atoms with E-state index in [4.69, 9.17) is 12.2 Å². The summed E-state index contributed by atoms with van der Waals surface area (Å²) in [6.07, 6.45) is 1.03. The van der Waals surface area contributed by atoms with Gasteiger partial charge in [-0.2, -0.15) is 0 Å². The maximum Gasteiger partial charge on any atom is 0.171 e. The number of benzene rings is 2. The number of hydrogen-bond donors (Lipinski definition) is 2. The first-order valence-electron chi connectivity index (χ1n) is 7.00. The highest BCUT2D eigenvalue weighted by Crippen LogP contribution is 2.14. The summed E-state index contributed by atoms with van der Waals surface area (Å²) in [4.78, 5) is 0. The lowest BCUT2D eigenvalue weighted by atomic mass is 10.1. The molecule has 2 rings (SSSR count). The van der Waals surface area contributed by atoms with Gasteiger partial charge in [0.2, 0.25) is 0 Å². The number of aryl methyl sites for hydroxylation is 1. The van der Waals surface area contributed by atoms with Gasteiger partial charge >= 0.3 is 0 Å². The third kappa shape index (κ3) is 4.53. The van der Waals surface area contributed by atoms with Gasteiger partial charge in [-0.3, -0.25) is 0 Å². The van der Waals surface area contributed by atoms with E-state index in [0.717, 1.165) is 12.1 Å². The Morgan fingerprint density at radius 1 is 1.10 bits per heavy atom. The van der Waals surface area contributed by atoms with Crippen LogP contribution >= 0.6 is 12.2 Å². The molecule has 2 N–H and O–H groups in total. The highest BCUT2D eigenvalue weighted by molar-refractivity contribution is 7.80. The number of anilines is 1. The molecule has 0 bridgehead atoms. The molecule has 0 saturated carbocycles. The van der Waals surface area contributed by atoms with Crippen molar-refractivity contribution >= 4 is 23.0 Å². The molecule has 0 spiro atoms. The Labute approximate surface area is 130 Å². The van der Waals surface area contributed by atoms with E-state index in [9.17, 15) is 4.39 Å². The SMILES string of the molecule is CCc1ccc(C(C)NC(=S)Nc2ccc(F)cc2)cc1. The molecule has 0 aliphatic rings. The zero-order valence-electron chi connectivity index (χ0n) is 12.2. The minimum Gasteiger partial charge on any atom is -0.356 e. The Morgan fingerprint density at radius 2 is 1.71 bits per heavy atom. The molecule has 4 heteroatoms. The summed E-state index contributed by atoms with van der Waals surface area (Å²) in [6.45, 7) is 4.19. The molecule has 2 nitrogen and oxygen atoms in total. The van der Waals surface area contributed by atoms with E-state index in [2.05, 4.69) is 48.7 Å². The molecule has 0 radical (unpaired) electrons. The minimum atomic E-state index is -0.260. The lowest BCUT2D eigenvalue weighted by molar-refractivity contribution is 0.628. The van der Waals surface area contributed by atoms with E-state index in [1.807, 2.05) is 0 Å². The third-order valence-corrected chi connectivity index (χ3v) is 3.56. The summed E-state index contributed by atoms with van der Waals surface area (Å²) in [5.74, 6) is -0.260. The third-order valence-electron chi connectivity index (χ3n) is 3.34. The van der Waals surface area contributed by atoms with Crippen LogP contribution < -0.4 is 10.6 Å². The molecule has 0 heterocycles. The molecule has 1 atom stereocenters. The van der Waals surface area contributed by atoms with Crippen LogP contribution in [0.1, 0.15) is 31.0 Å². The predicted molar refractivity (Wildman–Crippen MR) is 90.0 cm³/mol.